The predicted molar refractivity (Wildman–Crippen MR) is 93.7 cm³/mol. The minimum Gasteiger partial charge on any atom is -0.296 e. The number of benzene rings is 2. The van der Waals surface area contributed by atoms with Crippen LogP contribution in [0.4, 0.5) is 8.78 Å². The molecular weight excluding hydrogens is 320 g/mol. The van der Waals surface area contributed by atoms with Crippen LogP contribution in [0.15, 0.2) is 48.5 Å². The maximum atomic E-state index is 13.6. The molecule has 3 atom stereocenters. The smallest absolute Gasteiger partial charge is 0.123 e. The Morgan fingerprint density at radius 1 is 1.00 bits per heavy atom. The molecule has 3 unspecified atom stereocenters. The lowest BCUT2D eigenvalue weighted by Crippen LogP contribution is -2.33. The van der Waals surface area contributed by atoms with Crippen LogP contribution in [0.25, 0.3) is 0 Å². The first-order valence-electron chi connectivity index (χ1n) is 8.94. The van der Waals surface area contributed by atoms with Gasteiger partial charge in [0.15, 0.2) is 0 Å². The van der Waals surface area contributed by atoms with Crippen molar-refractivity contribution in [2.45, 2.75) is 24.9 Å². The van der Waals surface area contributed by atoms with Gasteiger partial charge in [0, 0.05) is 25.0 Å². The molecule has 2 saturated heterocycles. The number of hydrogen-bond donors (Lipinski definition) is 2. The number of nitrogens with zero attached hydrogens (tertiary/aromatic N) is 1. The Hall–Kier alpha value is -1.82. The first-order chi connectivity index (χ1) is 12.2. The molecule has 3 nitrogen and oxygen atoms in total. The van der Waals surface area contributed by atoms with E-state index in [-0.39, 0.29) is 23.7 Å². The largest absolute Gasteiger partial charge is 0.296 e. The van der Waals surface area contributed by atoms with Crippen molar-refractivity contribution in [2.24, 2.45) is 5.92 Å². The maximum Gasteiger partial charge on any atom is 0.123 e. The van der Waals surface area contributed by atoms with E-state index in [1.54, 1.807) is 12.1 Å². The molecule has 2 heterocycles. The number of halogens is 2. The van der Waals surface area contributed by atoms with Gasteiger partial charge >= 0.3 is 0 Å². The molecule has 2 fully saturated rings. The van der Waals surface area contributed by atoms with Crippen LogP contribution in [0.3, 0.4) is 0 Å². The van der Waals surface area contributed by atoms with Gasteiger partial charge < -0.3 is 0 Å². The van der Waals surface area contributed by atoms with E-state index in [9.17, 15) is 8.78 Å². The SMILES string of the molecule is Fc1ccc(C2NNCC2CN2CCCC2c2cccc(F)c2)cc1. The molecule has 0 radical (unpaired) electrons. The van der Waals surface area contributed by atoms with Gasteiger partial charge in [-0.1, -0.05) is 24.3 Å². The highest BCUT2D eigenvalue weighted by Crippen LogP contribution is 2.35. The molecule has 0 aliphatic carbocycles. The van der Waals surface area contributed by atoms with Crippen molar-refractivity contribution in [1.82, 2.24) is 15.8 Å². The molecule has 2 aromatic carbocycles. The van der Waals surface area contributed by atoms with Gasteiger partial charge in [-0.15, -0.1) is 0 Å². The summed E-state index contributed by atoms with van der Waals surface area (Å²) in [6.45, 7) is 2.84. The highest BCUT2D eigenvalue weighted by atomic mass is 19.1. The predicted octanol–water partition coefficient (Wildman–Crippen LogP) is 3.57. The molecule has 5 heteroatoms. The van der Waals surface area contributed by atoms with Crippen LogP contribution in [-0.2, 0) is 0 Å². The van der Waals surface area contributed by atoms with Crippen molar-refractivity contribution in [3.05, 3.63) is 71.3 Å². The molecule has 2 aliphatic rings. The number of rotatable bonds is 4. The lowest BCUT2D eigenvalue weighted by molar-refractivity contribution is 0.211. The highest BCUT2D eigenvalue weighted by molar-refractivity contribution is 5.23. The molecule has 0 amide bonds. The molecule has 2 N–H and O–H groups in total. The normalized spacial score (nSPS) is 27.0. The Kier molecular flexibility index (Phi) is 4.79. The fourth-order valence-electron chi connectivity index (χ4n) is 4.17. The van der Waals surface area contributed by atoms with Gasteiger partial charge in [0.05, 0.1) is 6.04 Å². The summed E-state index contributed by atoms with van der Waals surface area (Å²) in [4.78, 5) is 2.46. The Labute approximate surface area is 147 Å². The van der Waals surface area contributed by atoms with Crippen LogP contribution in [0.1, 0.15) is 36.1 Å². The average Bonchev–Trinajstić information content (AvgIpc) is 3.26. The molecule has 25 heavy (non-hydrogen) atoms. The Bertz CT molecular complexity index is 719. The van der Waals surface area contributed by atoms with Crippen LogP contribution < -0.4 is 10.9 Å². The lowest BCUT2D eigenvalue weighted by Gasteiger charge is -2.29. The molecule has 0 spiro atoms. The van der Waals surface area contributed by atoms with Crippen molar-refractivity contribution in [2.75, 3.05) is 19.6 Å². The summed E-state index contributed by atoms with van der Waals surface area (Å²) in [5, 5.41) is 0. The van der Waals surface area contributed by atoms with Gasteiger partial charge in [0.25, 0.3) is 0 Å². The fraction of sp³-hybridized carbons (Fsp3) is 0.400. The molecule has 0 bridgehead atoms. The second-order valence-electron chi connectivity index (χ2n) is 7.02. The van der Waals surface area contributed by atoms with Crippen molar-refractivity contribution in [3.8, 4) is 0 Å². The number of nitrogens with one attached hydrogen (secondary N) is 2. The molecule has 0 saturated carbocycles. The first kappa shape index (κ1) is 16.6. The number of hydrazine groups is 1. The summed E-state index contributed by atoms with van der Waals surface area (Å²) < 4.78 is 26.8. The van der Waals surface area contributed by atoms with E-state index < -0.39 is 0 Å². The monoisotopic (exact) mass is 343 g/mol. The van der Waals surface area contributed by atoms with Gasteiger partial charge in [-0.05, 0) is 54.8 Å². The van der Waals surface area contributed by atoms with E-state index >= 15 is 0 Å². The van der Waals surface area contributed by atoms with Gasteiger partial charge in [0.1, 0.15) is 11.6 Å². The minimum atomic E-state index is -0.211. The summed E-state index contributed by atoms with van der Waals surface area (Å²) in [5.74, 6) is 0.00864. The number of likely N-dealkylation sites (tertiary alicyclic amines) is 1. The van der Waals surface area contributed by atoms with E-state index in [1.807, 2.05) is 18.2 Å². The average molecular weight is 343 g/mol. The topological polar surface area (TPSA) is 27.3 Å². The zero-order chi connectivity index (χ0) is 17.2. The Balaban J connectivity index is 1.49. The second kappa shape index (κ2) is 7.20. The second-order valence-corrected chi connectivity index (χ2v) is 7.02. The summed E-state index contributed by atoms with van der Waals surface area (Å²) in [7, 11) is 0. The summed E-state index contributed by atoms with van der Waals surface area (Å²) in [6, 6.07) is 14.1. The van der Waals surface area contributed by atoms with Crippen molar-refractivity contribution in [3.63, 3.8) is 0 Å². The maximum absolute atomic E-state index is 13.6. The molecule has 2 aliphatic heterocycles. The summed E-state index contributed by atoms with van der Waals surface area (Å²) in [6.07, 6.45) is 2.20. The Morgan fingerprint density at radius 2 is 1.84 bits per heavy atom. The van der Waals surface area contributed by atoms with Gasteiger partial charge in [-0.2, -0.15) is 0 Å². The quantitative estimate of drug-likeness (QED) is 0.889. The van der Waals surface area contributed by atoms with Crippen LogP contribution >= 0.6 is 0 Å². The van der Waals surface area contributed by atoms with Crippen LogP contribution in [0.5, 0.6) is 0 Å². The molecule has 2 aromatic rings. The summed E-state index contributed by atoms with van der Waals surface area (Å²) >= 11 is 0. The highest BCUT2D eigenvalue weighted by Gasteiger charge is 2.34. The van der Waals surface area contributed by atoms with Gasteiger partial charge in [-0.3, -0.25) is 10.3 Å². The third kappa shape index (κ3) is 3.59. The first-order valence-corrected chi connectivity index (χ1v) is 8.94. The summed E-state index contributed by atoms with van der Waals surface area (Å²) in [5.41, 5.74) is 8.72. The van der Waals surface area contributed by atoms with Crippen molar-refractivity contribution >= 4 is 0 Å². The molecule has 4 rings (SSSR count). The van der Waals surface area contributed by atoms with Crippen LogP contribution in [0.2, 0.25) is 0 Å². The standard InChI is InChI=1S/C20H23F2N3/c21-17-8-6-14(7-9-17)20-16(12-23-24-20)13-25-10-2-5-19(25)15-3-1-4-18(22)11-15/h1,3-4,6-9,11,16,19-20,23-24H,2,5,10,12-13H2. The van der Waals surface area contributed by atoms with Crippen molar-refractivity contribution in [1.29, 1.82) is 0 Å². The van der Waals surface area contributed by atoms with E-state index in [0.29, 0.717) is 5.92 Å². The Morgan fingerprint density at radius 3 is 2.64 bits per heavy atom. The van der Waals surface area contributed by atoms with E-state index in [1.165, 1.54) is 18.2 Å². The number of hydrogen-bond acceptors (Lipinski definition) is 3. The fourth-order valence-corrected chi connectivity index (χ4v) is 4.17. The molecule has 0 aromatic heterocycles. The lowest BCUT2D eigenvalue weighted by atomic mass is 9.93. The molecular formula is C20H23F2N3. The van der Waals surface area contributed by atoms with Crippen molar-refractivity contribution < 1.29 is 8.78 Å². The van der Waals surface area contributed by atoms with E-state index in [0.717, 1.165) is 43.6 Å². The zero-order valence-corrected chi connectivity index (χ0v) is 14.1. The minimum absolute atomic E-state index is 0.161. The van der Waals surface area contributed by atoms with Gasteiger partial charge in [-0.25, -0.2) is 14.2 Å². The van der Waals surface area contributed by atoms with Crippen LogP contribution in [0, 0.1) is 17.6 Å². The van der Waals surface area contributed by atoms with E-state index in [2.05, 4.69) is 15.8 Å². The third-order valence-electron chi connectivity index (χ3n) is 5.39. The van der Waals surface area contributed by atoms with Gasteiger partial charge in [0.2, 0.25) is 0 Å². The third-order valence-corrected chi connectivity index (χ3v) is 5.39. The zero-order valence-electron chi connectivity index (χ0n) is 14.1. The molecule has 132 valence electrons. The van der Waals surface area contributed by atoms with Crippen LogP contribution in [-0.4, -0.2) is 24.5 Å². The van der Waals surface area contributed by atoms with E-state index in [4.69, 9.17) is 0 Å².